The van der Waals surface area contributed by atoms with Crippen molar-refractivity contribution in [2.24, 2.45) is 16.7 Å². The van der Waals surface area contributed by atoms with Gasteiger partial charge in [0, 0.05) is 11.8 Å². The third-order valence-electron chi connectivity index (χ3n) is 4.88. The topological polar surface area (TPSA) is 17.1 Å². The van der Waals surface area contributed by atoms with E-state index in [2.05, 4.69) is 33.8 Å². The van der Waals surface area contributed by atoms with Crippen LogP contribution in [-0.2, 0) is 4.79 Å². The van der Waals surface area contributed by atoms with Crippen molar-refractivity contribution in [2.45, 2.75) is 59.8 Å². The molecule has 0 saturated heterocycles. The summed E-state index contributed by atoms with van der Waals surface area (Å²) in [4.78, 5) is 12.4. The molecule has 0 radical (unpaired) electrons. The SMILES string of the molecule is CC1=C[C@@H]2C(C)(C)CCC[C@@]2(C)C(=O)CC1. The lowest BCUT2D eigenvalue weighted by atomic mass is 9.55. The van der Waals surface area contributed by atoms with E-state index >= 15 is 0 Å². The lowest BCUT2D eigenvalue weighted by molar-refractivity contribution is -0.135. The van der Waals surface area contributed by atoms with Crippen molar-refractivity contribution in [1.82, 2.24) is 0 Å². The lowest BCUT2D eigenvalue weighted by Gasteiger charge is -2.48. The molecule has 0 heterocycles. The maximum atomic E-state index is 12.4. The van der Waals surface area contributed by atoms with E-state index in [9.17, 15) is 4.79 Å². The van der Waals surface area contributed by atoms with Crippen LogP contribution in [0.1, 0.15) is 59.8 Å². The Kier molecular flexibility index (Phi) is 2.76. The number of rotatable bonds is 0. The highest BCUT2D eigenvalue weighted by atomic mass is 16.1. The van der Waals surface area contributed by atoms with Crippen molar-refractivity contribution < 1.29 is 4.79 Å². The summed E-state index contributed by atoms with van der Waals surface area (Å²) in [6.45, 7) is 9.05. The third-order valence-corrected chi connectivity index (χ3v) is 4.88. The Labute approximate surface area is 99.3 Å². The molecule has 0 bridgehead atoms. The second kappa shape index (κ2) is 3.72. The standard InChI is InChI=1S/C15H24O/c1-11-6-7-13(16)15(4)9-5-8-14(2,3)12(15)10-11/h10,12H,5-9H2,1-4H3/t12-,15-/m1/s1. The zero-order valence-corrected chi connectivity index (χ0v) is 11.1. The number of Topliss-reactive ketones (excluding diaryl/α,β-unsaturated/α-hetero) is 1. The van der Waals surface area contributed by atoms with Crippen LogP contribution in [-0.4, -0.2) is 5.78 Å². The van der Waals surface area contributed by atoms with Crippen LogP contribution in [0.5, 0.6) is 0 Å². The molecule has 0 unspecified atom stereocenters. The van der Waals surface area contributed by atoms with E-state index in [1.165, 1.54) is 18.4 Å². The minimum absolute atomic E-state index is 0.0838. The smallest absolute Gasteiger partial charge is 0.139 e. The van der Waals surface area contributed by atoms with Gasteiger partial charge in [-0.05, 0) is 37.5 Å². The van der Waals surface area contributed by atoms with Crippen LogP contribution in [0.3, 0.4) is 0 Å². The Bertz CT molecular complexity index is 337. The van der Waals surface area contributed by atoms with Crippen molar-refractivity contribution in [2.75, 3.05) is 0 Å². The molecule has 1 nitrogen and oxygen atoms in total. The summed E-state index contributed by atoms with van der Waals surface area (Å²) in [7, 11) is 0. The van der Waals surface area contributed by atoms with Gasteiger partial charge in [-0.15, -0.1) is 0 Å². The first-order valence-corrected chi connectivity index (χ1v) is 6.57. The first kappa shape index (κ1) is 11.9. The van der Waals surface area contributed by atoms with Crippen LogP contribution in [0.2, 0.25) is 0 Å². The average Bonchev–Trinajstić information content (AvgIpc) is 2.29. The molecule has 0 aromatic rings. The molecule has 16 heavy (non-hydrogen) atoms. The average molecular weight is 220 g/mol. The van der Waals surface area contributed by atoms with Crippen LogP contribution < -0.4 is 0 Å². The number of hydrogen-bond donors (Lipinski definition) is 0. The summed E-state index contributed by atoms with van der Waals surface area (Å²) in [5.41, 5.74) is 1.62. The van der Waals surface area contributed by atoms with Gasteiger partial charge in [-0.2, -0.15) is 0 Å². The lowest BCUT2D eigenvalue weighted by Crippen LogP contribution is -2.45. The van der Waals surface area contributed by atoms with Gasteiger partial charge in [-0.1, -0.05) is 38.8 Å². The number of ketones is 1. The van der Waals surface area contributed by atoms with E-state index < -0.39 is 0 Å². The molecule has 0 aromatic heterocycles. The van der Waals surface area contributed by atoms with Crippen molar-refractivity contribution >= 4 is 5.78 Å². The highest BCUT2D eigenvalue weighted by Gasteiger charge is 2.49. The summed E-state index contributed by atoms with van der Waals surface area (Å²) < 4.78 is 0. The Morgan fingerprint density at radius 3 is 2.56 bits per heavy atom. The van der Waals surface area contributed by atoms with Gasteiger partial charge in [0.2, 0.25) is 0 Å². The first-order valence-electron chi connectivity index (χ1n) is 6.57. The van der Waals surface area contributed by atoms with Gasteiger partial charge in [0.05, 0.1) is 0 Å². The molecule has 0 N–H and O–H groups in total. The number of hydrogen-bond acceptors (Lipinski definition) is 1. The summed E-state index contributed by atoms with van der Waals surface area (Å²) in [6.07, 6.45) is 7.68. The van der Waals surface area contributed by atoms with Crippen molar-refractivity contribution in [3.05, 3.63) is 11.6 Å². The number of allylic oxidation sites excluding steroid dienone is 2. The van der Waals surface area contributed by atoms with Crippen LogP contribution in [0, 0.1) is 16.7 Å². The molecular weight excluding hydrogens is 196 g/mol. The summed E-state index contributed by atoms with van der Waals surface area (Å²) in [5.74, 6) is 0.946. The molecule has 0 aromatic carbocycles. The molecule has 2 rings (SSSR count). The molecule has 2 aliphatic rings. The largest absolute Gasteiger partial charge is 0.299 e. The second-order valence-corrected chi connectivity index (χ2v) is 6.67. The molecule has 0 spiro atoms. The molecule has 1 saturated carbocycles. The second-order valence-electron chi connectivity index (χ2n) is 6.67. The molecule has 1 heteroatoms. The molecule has 0 amide bonds. The van der Waals surface area contributed by atoms with Crippen LogP contribution in [0.4, 0.5) is 0 Å². The van der Waals surface area contributed by atoms with E-state index in [0.717, 1.165) is 19.3 Å². The van der Waals surface area contributed by atoms with Gasteiger partial charge < -0.3 is 0 Å². The number of carbonyl (C=O) groups is 1. The van der Waals surface area contributed by atoms with E-state index in [4.69, 9.17) is 0 Å². The predicted molar refractivity (Wildman–Crippen MR) is 67.2 cm³/mol. The zero-order valence-electron chi connectivity index (χ0n) is 11.1. The summed E-state index contributed by atoms with van der Waals surface area (Å²) in [6, 6.07) is 0. The highest BCUT2D eigenvalue weighted by molar-refractivity contribution is 5.86. The van der Waals surface area contributed by atoms with Gasteiger partial charge in [0.1, 0.15) is 5.78 Å². The van der Waals surface area contributed by atoms with Crippen LogP contribution >= 0.6 is 0 Å². The monoisotopic (exact) mass is 220 g/mol. The van der Waals surface area contributed by atoms with E-state index in [-0.39, 0.29) is 10.8 Å². The predicted octanol–water partition coefficient (Wildman–Crippen LogP) is 4.13. The van der Waals surface area contributed by atoms with Gasteiger partial charge in [-0.25, -0.2) is 0 Å². The van der Waals surface area contributed by atoms with Crippen molar-refractivity contribution in [3.8, 4) is 0 Å². The minimum Gasteiger partial charge on any atom is -0.299 e. The van der Waals surface area contributed by atoms with E-state index in [1.54, 1.807) is 0 Å². The molecule has 2 atom stereocenters. The number of carbonyl (C=O) groups excluding carboxylic acids is 1. The molecule has 1 fully saturated rings. The Hall–Kier alpha value is -0.590. The van der Waals surface area contributed by atoms with Crippen LogP contribution in [0.15, 0.2) is 11.6 Å². The fourth-order valence-corrected chi connectivity index (χ4v) is 3.77. The van der Waals surface area contributed by atoms with E-state index in [1.807, 2.05) is 0 Å². The van der Waals surface area contributed by atoms with Gasteiger partial charge >= 0.3 is 0 Å². The summed E-state index contributed by atoms with van der Waals surface area (Å²) in [5, 5.41) is 0. The maximum absolute atomic E-state index is 12.4. The normalized spacial score (nSPS) is 38.6. The van der Waals surface area contributed by atoms with Crippen molar-refractivity contribution in [3.63, 3.8) is 0 Å². The Balaban J connectivity index is 2.46. The molecular formula is C15H24O. The van der Waals surface area contributed by atoms with Crippen molar-refractivity contribution in [1.29, 1.82) is 0 Å². The van der Waals surface area contributed by atoms with Gasteiger partial charge in [0.25, 0.3) is 0 Å². The van der Waals surface area contributed by atoms with E-state index in [0.29, 0.717) is 11.7 Å². The van der Waals surface area contributed by atoms with Gasteiger partial charge in [0.15, 0.2) is 0 Å². The van der Waals surface area contributed by atoms with Gasteiger partial charge in [-0.3, -0.25) is 4.79 Å². The summed E-state index contributed by atoms with van der Waals surface area (Å²) >= 11 is 0. The first-order chi connectivity index (χ1) is 7.36. The Morgan fingerprint density at radius 1 is 1.19 bits per heavy atom. The Morgan fingerprint density at radius 2 is 1.88 bits per heavy atom. The van der Waals surface area contributed by atoms with Crippen LogP contribution in [0.25, 0.3) is 0 Å². The fraction of sp³-hybridized carbons (Fsp3) is 0.800. The quantitative estimate of drug-likeness (QED) is 0.561. The highest BCUT2D eigenvalue weighted by Crippen LogP contribution is 2.54. The number of fused-ring (bicyclic) bond motifs is 1. The molecule has 90 valence electrons. The zero-order chi connectivity index (χ0) is 12.0. The third kappa shape index (κ3) is 1.74. The molecule has 2 aliphatic carbocycles. The maximum Gasteiger partial charge on any atom is 0.139 e. The molecule has 0 aliphatic heterocycles. The fourth-order valence-electron chi connectivity index (χ4n) is 3.77. The minimum atomic E-state index is -0.0838.